The van der Waals surface area contributed by atoms with Gasteiger partial charge in [-0.05, 0) is 18.6 Å². The molecule has 0 spiro atoms. The Morgan fingerprint density at radius 3 is 3.29 bits per heavy atom. The highest BCUT2D eigenvalue weighted by Gasteiger charge is 2.23. The third kappa shape index (κ3) is 1.46. The summed E-state index contributed by atoms with van der Waals surface area (Å²) in [6, 6.07) is 6.52. The van der Waals surface area contributed by atoms with Crippen molar-refractivity contribution in [1.82, 2.24) is 4.57 Å². The predicted molar refractivity (Wildman–Crippen MR) is 58.3 cm³/mol. The molecule has 0 fully saturated rings. The minimum absolute atomic E-state index is 0.105. The zero-order valence-corrected chi connectivity index (χ0v) is 8.76. The Kier molecular flexibility index (Phi) is 2.64. The number of nitriles is 1. The van der Waals surface area contributed by atoms with Crippen LogP contribution in [0.15, 0.2) is 29.8 Å². The van der Waals surface area contributed by atoms with Crippen LogP contribution in [0.1, 0.15) is 18.0 Å². The fourth-order valence-electron chi connectivity index (χ4n) is 1.81. The molecule has 1 aliphatic rings. The highest BCUT2D eigenvalue weighted by molar-refractivity contribution is 7.99. The summed E-state index contributed by atoms with van der Waals surface area (Å²) >= 11 is 1.78. The number of thioether (sulfide) groups is 1. The maximum atomic E-state index is 8.91. The molecule has 0 saturated heterocycles. The SMILES string of the molecule is C=CCSc1ccc2n1CCC2C#N. The summed E-state index contributed by atoms with van der Waals surface area (Å²) in [5.41, 5.74) is 1.18. The van der Waals surface area contributed by atoms with E-state index in [4.69, 9.17) is 5.26 Å². The Labute approximate surface area is 88.2 Å². The maximum absolute atomic E-state index is 8.91. The number of nitrogens with zero attached hydrogens (tertiary/aromatic N) is 2. The molecule has 0 saturated carbocycles. The van der Waals surface area contributed by atoms with Crippen molar-refractivity contribution in [2.24, 2.45) is 0 Å². The van der Waals surface area contributed by atoms with E-state index in [0.717, 1.165) is 18.7 Å². The Morgan fingerprint density at radius 1 is 1.71 bits per heavy atom. The Morgan fingerprint density at radius 2 is 2.57 bits per heavy atom. The van der Waals surface area contributed by atoms with Crippen LogP contribution in [0.5, 0.6) is 0 Å². The van der Waals surface area contributed by atoms with Crippen LogP contribution in [0.3, 0.4) is 0 Å². The summed E-state index contributed by atoms with van der Waals surface area (Å²) < 4.78 is 2.25. The van der Waals surface area contributed by atoms with E-state index in [1.807, 2.05) is 6.08 Å². The summed E-state index contributed by atoms with van der Waals surface area (Å²) in [6.07, 6.45) is 2.87. The van der Waals surface area contributed by atoms with Gasteiger partial charge < -0.3 is 4.57 Å². The maximum Gasteiger partial charge on any atom is 0.0881 e. The third-order valence-electron chi connectivity index (χ3n) is 2.48. The van der Waals surface area contributed by atoms with Crippen LogP contribution < -0.4 is 0 Å². The highest BCUT2D eigenvalue weighted by Crippen LogP contribution is 2.33. The van der Waals surface area contributed by atoms with E-state index in [1.165, 1.54) is 10.7 Å². The zero-order chi connectivity index (χ0) is 9.97. The van der Waals surface area contributed by atoms with Crippen LogP contribution in [0.25, 0.3) is 0 Å². The molecule has 72 valence electrons. The van der Waals surface area contributed by atoms with Gasteiger partial charge >= 0.3 is 0 Å². The Hall–Kier alpha value is -1.14. The van der Waals surface area contributed by atoms with Crippen LogP contribution in [-0.2, 0) is 6.54 Å². The summed E-state index contributed by atoms with van der Waals surface area (Å²) in [4.78, 5) is 0. The van der Waals surface area contributed by atoms with Gasteiger partial charge in [0.05, 0.1) is 17.0 Å². The van der Waals surface area contributed by atoms with Gasteiger partial charge in [0.2, 0.25) is 0 Å². The molecular formula is C11H12N2S. The minimum Gasteiger partial charge on any atom is -0.339 e. The first-order valence-corrected chi connectivity index (χ1v) is 5.68. The van der Waals surface area contributed by atoms with E-state index in [-0.39, 0.29) is 5.92 Å². The molecule has 0 aliphatic carbocycles. The molecule has 1 unspecified atom stereocenters. The van der Waals surface area contributed by atoms with Gasteiger partial charge in [-0.2, -0.15) is 5.26 Å². The average Bonchev–Trinajstić information content (AvgIpc) is 2.75. The van der Waals surface area contributed by atoms with E-state index < -0.39 is 0 Å². The van der Waals surface area contributed by atoms with Gasteiger partial charge in [-0.25, -0.2) is 0 Å². The molecule has 1 aromatic heterocycles. The molecule has 1 aromatic rings. The molecule has 0 radical (unpaired) electrons. The van der Waals surface area contributed by atoms with Crippen molar-refractivity contribution < 1.29 is 0 Å². The van der Waals surface area contributed by atoms with Crippen molar-refractivity contribution in [3.63, 3.8) is 0 Å². The summed E-state index contributed by atoms with van der Waals surface area (Å²) in [7, 11) is 0. The zero-order valence-electron chi connectivity index (χ0n) is 7.94. The smallest absolute Gasteiger partial charge is 0.0881 e. The normalized spacial score (nSPS) is 18.9. The molecule has 2 nitrogen and oxygen atoms in total. The molecule has 2 rings (SSSR count). The van der Waals surface area contributed by atoms with E-state index in [9.17, 15) is 0 Å². The lowest BCUT2D eigenvalue weighted by atomic mass is 10.1. The molecule has 0 N–H and O–H groups in total. The van der Waals surface area contributed by atoms with Crippen molar-refractivity contribution >= 4 is 11.8 Å². The summed E-state index contributed by atoms with van der Waals surface area (Å²) in [6.45, 7) is 4.69. The second-order valence-corrected chi connectivity index (χ2v) is 4.36. The van der Waals surface area contributed by atoms with Crippen molar-refractivity contribution in [1.29, 1.82) is 5.26 Å². The lowest BCUT2D eigenvalue weighted by molar-refractivity contribution is 0.688. The second kappa shape index (κ2) is 3.93. The number of fused-ring (bicyclic) bond motifs is 1. The fraction of sp³-hybridized carbons (Fsp3) is 0.364. The predicted octanol–water partition coefficient (Wildman–Crippen LogP) is 2.78. The van der Waals surface area contributed by atoms with E-state index in [1.54, 1.807) is 11.8 Å². The van der Waals surface area contributed by atoms with Crippen LogP contribution in [0, 0.1) is 11.3 Å². The first-order valence-electron chi connectivity index (χ1n) is 4.69. The average molecular weight is 204 g/mol. The highest BCUT2D eigenvalue weighted by atomic mass is 32.2. The van der Waals surface area contributed by atoms with Crippen LogP contribution >= 0.6 is 11.8 Å². The third-order valence-corrected chi connectivity index (χ3v) is 3.53. The molecule has 14 heavy (non-hydrogen) atoms. The monoisotopic (exact) mass is 204 g/mol. The minimum atomic E-state index is 0.105. The van der Waals surface area contributed by atoms with Gasteiger partial charge in [0.15, 0.2) is 0 Å². The van der Waals surface area contributed by atoms with Crippen LogP contribution in [0.4, 0.5) is 0 Å². The molecule has 3 heteroatoms. The standard InChI is InChI=1S/C11H12N2S/c1-2-7-14-11-4-3-10-9(8-12)5-6-13(10)11/h2-4,9H,1,5-7H2. The number of rotatable bonds is 3. The number of hydrogen-bond acceptors (Lipinski definition) is 2. The second-order valence-electron chi connectivity index (χ2n) is 3.32. The summed E-state index contributed by atoms with van der Waals surface area (Å²) in [5.74, 6) is 1.04. The molecule has 0 aromatic carbocycles. The van der Waals surface area contributed by atoms with E-state index in [2.05, 4.69) is 29.3 Å². The van der Waals surface area contributed by atoms with Gasteiger partial charge in [0.25, 0.3) is 0 Å². The van der Waals surface area contributed by atoms with Gasteiger partial charge in [0.1, 0.15) is 0 Å². The van der Waals surface area contributed by atoms with Crippen molar-refractivity contribution in [3.05, 3.63) is 30.5 Å². The molecule has 1 atom stereocenters. The van der Waals surface area contributed by atoms with Crippen LogP contribution in [-0.4, -0.2) is 10.3 Å². The van der Waals surface area contributed by atoms with Gasteiger partial charge in [-0.3, -0.25) is 0 Å². The quantitative estimate of drug-likeness (QED) is 0.559. The fourth-order valence-corrected chi connectivity index (χ4v) is 2.62. The van der Waals surface area contributed by atoms with E-state index in [0.29, 0.717) is 0 Å². The largest absolute Gasteiger partial charge is 0.339 e. The summed E-state index contributed by atoms with van der Waals surface area (Å²) in [5, 5.41) is 10.2. The topological polar surface area (TPSA) is 28.7 Å². The van der Waals surface area contributed by atoms with Crippen molar-refractivity contribution in [3.8, 4) is 6.07 Å². The Balaban J connectivity index is 2.22. The molecule has 2 heterocycles. The lowest BCUT2D eigenvalue weighted by Crippen LogP contribution is -1.93. The van der Waals surface area contributed by atoms with E-state index >= 15 is 0 Å². The lowest BCUT2D eigenvalue weighted by Gasteiger charge is -2.03. The van der Waals surface area contributed by atoms with Crippen molar-refractivity contribution in [2.75, 3.05) is 5.75 Å². The first kappa shape index (κ1) is 9.42. The van der Waals surface area contributed by atoms with Gasteiger partial charge in [-0.15, -0.1) is 18.3 Å². The van der Waals surface area contributed by atoms with Crippen LogP contribution in [0.2, 0.25) is 0 Å². The number of aromatic nitrogens is 1. The Bertz CT molecular complexity index is 386. The van der Waals surface area contributed by atoms with Gasteiger partial charge in [-0.1, -0.05) is 6.08 Å². The first-order chi connectivity index (χ1) is 6.86. The molecule has 0 amide bonds. The molecule has 0 bridgehead atoms. The molecular weight excluding hydrogens is 192 g/mol. The molecule has 1 aliphatic heterocycles. The van der Waals surface area contributed by atoms with Crippen molar-refractivity contribution in [2.45, 2.75) is 23.9 Å². The van der Waals surface area contributed by atoms with Gasteiger partial charge in [0, 0.05) is 18.0 Å². The number of hydrogen-bond donors (Lipinski definition) is 0.